The molecule has 0 saturated carbocycles. The molecule has 0 bridgehead atoms. The van der Waals surface area contributed by atoms with Crippen LogP contribution in [0.3, 0.4) is 0 Å². The maximum absolute atomic E-state index is 13.6. The molecule has 1 aromatic heterocycles. The number of fused-ring (bicyclic) bond motifs is 1. The topological polar surface area (TPSA) is 90.3 Å². The lowest BCUT2D eigenvalue weighted by atomic mass is 9.93. The van der Waals surface area contributed by atoms with Crippen molar-refractivity contribution < 1.29 is 18.7 Å². The van der Waals surface area contributed by atoms with Crippen molar-refractivity contribution in [1.29, 1.82) is 0 Å². The quantitative estimate of drug-likeness (QED) is 0.338. The molecule has 1 aliphatic heterocycles. The number of halogens is 2. The number of aromatic nitrogens is 3. The minimum absolute atomic E-state index is 0.0839. The van der Waals surface area contributed by atoms with Crippen LogP contribution in [0.1, 0.15) is 35.2 Å². The number of methoxy groups -OCH3 is 2. The highest BCUT2D eigenvalue weighted by Crippen LogP contribution is 2.38. The van der Waals surface area contributed by atoms with Gasteiger partial charge in [0.1, 0.15) is 5.82 Å². The van der Waals surface area contributed by atoms with Crippen molar-refractivity contribution in [2.24, 2.45) is 0 Å². The molecule has 0 radical (unpaired) electrons. The number of nitrogens with zero attached hydrogens (tertiary/aromatic N) is 3. The maximum atomic E-state index is 13.6. The molecule has 10 heteroatoms. The minimum atomic E-state index is -0.311. The average Bonchev–Trinajstić information content (AvgIpc) is 3.31. The lowest BCUT2D eigenvalue weighted by Crippen LogP contribution is -2.28. The lowest BCUT2D eigenvalue weighted by molar-refractivity contribution is -0.115. The van der Waals surface area contributed by atoms with Crippen LogP contribution < -0.4 is 20.1 Å². The molecule has 190 valence electrons. The van der Waals surface area contributed by atoms with E-state index >= 15 is 0 Å². The molecular formula is C27H25ClFN5O3. The highest BCUT2D eigenvalue weighted by Gasteiger charge is 2.31. The van der Waals surface area contributed by atoms with Gasteiger partial charge in [0, 0.05) is 5.02 Å². The predicted octanol–water partition coefficient (Wildman–Crippen LogP) is 5.42. The second kappa shape index (κ2) is 10.5. The van der Waals surface area contributed by atoms with E-state index in [4.69, 9.17) is 21.1 Å². The molecule has 5 rings (SSSR count). The van der Waals surface area contributed by atoms with Crippen molar-refractivity contribution in [3.8, 4) is 11.5 Å². The van der Waals surface area contributed by atoms with E-state index < -0.39 is 0 Å². The molecule has 2 atom stereocenters. The summed E-state index contributed by atoms with van der Waals surface area (Å²) in [5, 5.41) is 11.4. The van der Waals surface area contributed by atoms with Gasteiger partial charge in [0.25, 0.3) is 5.95 Å². The number of carbonyl (C=O) groups is 1. The molecule has 37 heavy (non-hydrogen) atoms. The first kappa shape index (κ1) is 24.6. The number of ether oxygens (including phenoxy) is 2. The Morgan fingerprint density at radius 2 is 1.76 bits per heavy atom. The van der Waals surface area contributed by atoms with Gasteiger partial charge in [0.15, 0.2) is 11.5 Å². The van der Waals surface area contributed by atoms with Gasteiger partial charge in [0.05, 0.1) is 32.7 Å². The lowest BCUT2D eigenvalue weighted by Gasteiger charge is -2.31. The SMILES string of the molecule is COc1ccc(CC(=O)Nc2nc3n(n2)[C@H](c2ccc(F)cc2)C[C@H](c2ccc(Cl)cc2)N3)cc1OC. The highest BCUT2D eigenvalue weighted by atomic mass is 35.5. The van der Waals surface area contributed by atoms with Gasteiger partial charge in [-0.25, -0.2) is 9.07 Å². The van der Waals surface area contributed by atoms with Crippen molar-refractivity contribution in [1.82, 2.24) is 14.8 Å². The first-order chi connectivity index (χ1) is 17.9. The maximum Gasteiger partial charge on any atom is 0.250 e. The van der Waals surface area contributed by atoms with E-state index in [-0.39, 0.29) is 36.2 Å². The van der Waals surface area contributed by atoms with Crippen molar-refractivity contribution in [2.45, 2.75) is 24.9 Å². The Bertz CT molecular complexity index is 1410. The number of anilines is 2. The first-order valence-corrected chi connectivity index (χ1v) is 12.1. The number of hydrogen-bond acceptors (Lipinski definition) is 6. The minimum Gasteiger partial charge on any atom is -0.493 e. The molecule has 2 heterocycles. The molecule has 2 N–H and O–H groups in total. The van der Waals surface area contributed by atoms with Crippen molar-refractivity contribution >= 4 is 29.4 Å². The highest BCUT2D eigenvalue weighted by molar-refractivity contribution is 6.30. The monoisotopic (exact) mass is 521 g/mol. The number of rotatable bonds is 7. The van der Waals surface area contributed by atoms with Gasteiger partial charge < -0.3 is 14.8 Å². The van der Waals surface area contributed by atoms with Crippen molar-refractivity contribution in [3.63, 3.8) is 0 Å². The van der Waals surface area contributed by atoms with Gasteiger partial charge in [0.2, 0.25) is 11.9 Å². The summed E-state index contributed by atoms with van der Waals surface area (Å²) in [6.45, 7) is 0. The summed E-state index contributed by atoms with van der Waals surface area (Å²) < 4.78 is 25.9. The molecule has 8 nitrogen and oxygen atoms in total. The summed E-state index contributed by atoms with van der Waals surface area (Å²) in [6.07, 6.45) is 0.745. The van der Waals surface area contributed by atoms with Crippen LogP contribution in [-0.4, -0.2) is 34.9 Å². The predicted molar refractivity (Wildman–Crippen MR) is 139 cm³/mol. The molecule has 0 saturated heterocycles. The Labute approximate surface area is 218 Å². The number of benzene rings is 3. The Hall–Kier alpha value is -4.11. The van der Waals surface area contributed by atoms with Gasteiger partial charge in [-0.1, -0.05) is 41.9 Å². The second-order valence-electron chi connectivity index (χ2n) is 8.67. The van der Waals surface area contributed by atoms with Crippen LogP contribution >= 0.6 is 11.6 Å². The summed E-state index contributed by atoms with van der Waals surface area (Å²) in [5.74, 6) is 1.22. The molecular weight excluding hydrogens is 497 g/mol. The molecule has 0 spiro atoms. The summed E-state index contributed by atoms with van der Waals surface area (Å²) in [5.41, 5.74) is 2.67. The van der Waals surface area contributed by atoms with Gasteiger partial charge in [-0.3, -0.25) is 10.1 Å². The fraction of sp³-hybridized carbons (Fsp3) is 0.222. The zero-order valence-electron chi connectivity index (χ0n) is 20.2. The van der Waals surface area contributed by atoms with E-state index in [2.05, 4.69) is 20.7 Å². The van der Waals surface area contributed by atoms with Gasteiger partial charge >= 0.3 is 0 Å². The van der Waals surface area contributed by atoms with E-state index in [0.717, 1.165) is 16.7 Å². The fourth-order valence-corrected chi connectivity index (χ4v) is 4.58. The number of amides is 1. The zero-order chi connectivity index (χ0) is 25.9. The van der Waals surface area contributed by atoms with Crippen LogP contribution in [0.25, 0.3) is 0 Å². The largest absolute Gasteiger partial charge is 0.493 e. The van der Waals surface area contributed by atoms with Crippen LogP contribution in [0, 0.1) is 5.82 Å². The molecule has 4 aromatic rings. The van der Waals surface area contributed by atoms with Crippen LogP contribution in [0.2, 0.25) is 5.02 Å². The second-order valence-corrected chi connectivity index (χ2v) is 9.11. The first-order valence-electron chi connectivity index (χ1n) is 11.7. The zero-order valence-corrected chi connectivity index (χ0v) is 21.0. The normalized spacial score (nSPS) is 16.4. The third-order valence-electron chi connectivity index (χ3n) is 6.28. The van der Waals surface area contributed by atoms with Crippen molar-refractivity contribution in [2.75, 3.05) is 24.9 Å². The average molecular weight is 522 g/mol. The Kier molecular flexibility index (Phi) is 6.96. The summed E-state index contributed by atoms with van der Waals surface area (Å²) in [7, 11) is 3.10. The summed E-state index contributed by atoms with van der Waals surface area (Å²) in [4.78, 5) is 17.4. The Balaban J connectivity index is 1.39. The standard InChI is InChI=1S/C27H25ClFN5O3/c1-36-23-12-3-16(13-24(23)37-2)14-25(35)31-26-32-27-30-21(17-4-8-19(28)9-5-17)15-22(34(27)33-26)18-6-10-20(29)11-7-18/h3-13,21-22H,14-15H2,1-2H3,(H2,30,31,32,33,35)/t21-,22+/m1/s1. The summed E-state index contributed by atoms with van der Waals surface area (Å²) >= 11 is 6.08. The molecule has 1 amide bonds. The van der Waals surface area contributed by atoms with E-state index in [0.29, 0.717) is 28.9 Å². The van der Waals surface area contributed by atoms with Crippen molar-refractivity contribution in [3.05, 3.63) is 94.3 Å². The van der Waals surface area contributed by atoms with Gasteiger partial charge in [-0.15, -0.1) is 5.10 Å². The van der Waals surface area contributed by atoms with Gasteiger partial charge in [-0.2, -0.15) is 4.98 Å². The summed E-state index contributed by atoms with van der Waals surface area (Å²) in [6, 6.07) is 18.9. The van der Waals surface area contributed by atoms with E-state index in [9.17, 15) is 9.18 Å². The molecule has 0 fully saturated rings. The number of nitrogens with one attached hydrogen (secondary N) is 2. The Morgan fingerprint density at radius 1 is 1.05 bits per heavy atom. The molecule has 1 aliphatic rings. The van der Waals surface area contributed by atoms with E-state index in [1.807, 2.05) is 24.3 Å². The Morgan fingerprint density at radius 3 is 2.46 bits per heavy atom. The van der Waals surface area contributed by atoms with E-state index in [1.54, 1.807) is 49.2 Å². The fourth-order valence-electron chi connectivity index (χ4n) is 4.45. The number of hydrogen-bond donors (Lipinski definition) is 2. The smallest absolute Gasteiger partial charge is 0.250 e. The van der Waals surface area contributed by atoms with Crippen LogP contribution in [0.5, 0.6) is 11.5 Å². The van der Waals surface area contributed by atoms with Crippen LogP contribution in [0.15, 0.2) is 66.7 Å². The van der Waals surface area contributed by atoms with E-state index in [1.165, 1.54) is 12.1 Å². The van der Waals surface area contributed by atoms with Crippen LogP contribution in [-0.2, 0) is 11.2 Å². The van der Waals surface area contributed by atoms with Gasteiger partial charge in [-0.05, 0) is 59.5 Å². The molecule has 3 aromatic carbocycles. The van der Waals surface area contributed by atoms with Crippen LogP contribution in [0.4, 0.5) is 16.3 Å². The third kappa shape index (κ3) is 5.36. The molecule has 0 unspecified atom stereocenters. The third-order valence-corrected chi connectivity index (χ3v) is 6.53. The number of carbonyl (C=O) groups excluding carboxylic acids is 1. The molecule has 0 aliphatic carbocycles.